The van der Waals surface area contributed by atoms with E-state index < -0.39 is 19.1 Å². The molecule has 0 bridgehead atoms. The Morgan fingerprint density at radius 2 is 1.73 bits per heavy atom. The summed E-state index contributed by atoms with van der Waals surface area (Å²) in [4.78, 5) is 27.4. The fraction of sp³-hybridized carbons (Fsp3) is 0.278. The van der Waals surface area contributed by atoms with Gasteiger partial charge in [0, 0.05) is 19.3 Å². The molecule has 0 N–H and O–H groups in total. The molecular weight excluding hydrogens is 340 g/mol. The van der Waals surface area contributed by atoms with E-state index >= 15 is 0 Å². The first-order valence-electron chi connectivity index (χ1n) is 8.32. The van der Waals surface area contributed by atoms with Gasteiger partial charge < -0.3 is 14.0 Å². The number of ether oxygens (including phenoxy) is 1. The molecule has 3 rings (SSSR count). The van der Waals surface area contributed by atoms with Crippen LogP contribution in [0.4, 0.5) is 4.39 Å². The molecule has 1 aliphatic rings. The first-order valence-corrected chi connectivity index (χ1v) is 8.32. The molecule has 1 fully saturated rings. The zero-order chi connectivity index (χ0) is 18.4. The summed E-state index contributed by atoms with van der Waals surface area (Å²) in [7, 11) is -1.14. The van der Waals surface area contributed by atoms with E-state index in [1.54, 1.807) is 24.3 Å². The van der Waals surface area contributed by atoms with Crippen LogP contribution in [0.3, 0.4) is 0 Å². The quantitative estimate of drug-likeness (QED) is 0.760. The van der Waals surface area contributed by atoms with Gasteiger partial charge >= 0.3 is 7.12 Å². The maximum Gasteiger partial charge on any atom is 0.656 e. The number of aromatic nitrogens is 1. The van der Waals surface area contributed by atoms with Crippen LogP contribution in [0.5, 0.6) is 5.75 Å². The second kappa shape index (κ2) is 8.46. The number of carbonyl (C=O) groups excluding carboxylic acids is 2. The molecule has 2 aromatic rings. The van der Waals surface area contributed by atoms with Gasteiger partial charge in [-0.05, 0) is 36.2 Å². The molecule has 0 aliphatic carbocycles. The molecule has 0 atom stereocenters. The van der Waals surface area contributed by atoms with Gasteiger partial charge in [-0.2, -0.15) is 0 Å². The molecule has 0 radical (unpaired) electrons. The van der Waals surface area contributed by atoms with Crippen molar-refractivity contribution in [2.75, 3.05) is 6.61 Å². The Labute approximate surface area is 150 Å². The minimum absolute atomic E-state index is 0.177. The molecule has 1 aromatic carbocycles. The standard InChI is InChI=1S/C18H17BFNO5/c20-14-6-4-13(5-7-14)10-11-24-15-8-9-16(21-12-15)19-25-17(22)2-1-3-18(23)26-19/h4-9,12H,1-3,10-11H2. The highest BCUT2D eigenvalue weighted by Gasteiger charge is 2.33. The topological polar surface area (TPSA) is 74.7 Å². The Bertz CT molecular complexity index is 748. The smallest absolute Gasteiger partial charge is 0.494 e. The molecule has 0 spiro atoms. The summed E-state index contributed by atoms with van der Waals surface area (Å²) in [5, 5.41) is 0. The second-order valence-electron chi connectivity index (χ2n) is 5.81. The van der Waals surface area contributed by atoms with Gasteiger partial charge in [0.1, 0.15) is 17.2 Å². The lowest BCUT2D eigenvalue weighted by Crippen LogP contribution is -2.43. The zero-order valence-electron chi connectivity index (χ0n) is 14.0. The minimum atomic E-state index is -1.14. The van der Waals surface area contributed by atoms with Crippen molar-refractivity contribution in [1.29, 1.82) is 0 Å². The summed E-state index contributed by atoms with van der Waals surface area (Å²) < 4.78 is 28.7. The molecular formula is C18H17BFNO5. The lowest BCUT2D eigenvalue weighted by Gasteiger charge is -2.16. The first kappa shape index (κ1) is 17.9. The Morgan fingerprint density at radius 1 is 1.04 bits per heavy atom. The van der Waals surface area contributed by atoms with E-state index in [-0.39, 0.29) is 18.7 Å². The largest absolute Gasteiger partial charge is 0.656 e. The molecule has 8 heteroatoms. The number of rotatable bonds is 5. The van der Waals surface area contributed by atoms with E-state index in [2.05, 4.69) is 4.98 Å². The number of halogens is 1. The zero-order valence-corrected chi connectivity index (χ0v) is 14.0. The van der Waals surface area contributed by atoms with Crippen molar-refractivity contribution >= 4 is 24.7 Å². The van der Waals surface area contributed by atoms with Gasteiger partial charge in [-0.15, -0.1) is 0 Å². The fourth-order valence-electron chi connectivity index (χ4n) is 2.43. The number of hydrogen-bond acceptors (Lipinski definition) is 6. The van der Waals surface area contributed by atoms with Crippen LogP contribution in [-0.4, -0.2) is 30.6 Å². The van der Waals surface area contributed by atoms with Crippen molar-refractivity contribution in [1.82, 2.24) is 4.98 Å². The van der Waals surface area contributed by atoms with Crippen LogP contribution < -0.4 is 10.3 Å². The third kappa shape index (κ3) is 5.05. The highest BCUT2D eigenvalue weighted by Crippen LogP contribution is 2.11. The van der Waals surface area contributed by atoms with Crippen molar-refractivity contribution < 1.29 is 28.0 Å². The van der Waals surface area contributed by atoms with Gasteiger partial charge in [-0.3, -0.25) is 14.6 Å². The van der Waals surface area contributed by atoms with Crippen LogP contribution in [-0.2, 0) is 25.3 Å². The van der Waals surface area contributed by atoms with Gasteiger partial charge in [-0.1, -0.05) is 12.1 Å². The molecule has 6 nitrogen and oxygen atoms in total. The molecule has 1 aliphatic heterocycles. The summed E-state index contributed by atoms with van der Waals surface area (Å²) in [5.41, 5.74) is 1.28. The van der Waals surface area contributed by atoms with Crippen LogP contribution in [0, 0.1) is 5.82 Å². The predicted octanol–water partition coefficient (Wildman–Crippen LogP) is 1.81. The van der Waals surface area contributed by atoms with E-state index in [4.69, 9.17) is 14.0 Å². The first-order chi connectivity index (χ1) is 12.6. The highest BCUT2D eigenvalue weighted by atomic mass is 19.1. The van der Waals surface area contributed by atoms with Gasteiger partial charge in [0.2, 0.25) is 0 Å². The summed E-state index contributed by atoms with van der Waals surface area (Å²) in [6.45, 7) is 0.403. The maximum atomic E-state index is 12.9. The minimum Gasteiger partial charge on any atom is -0.494 e. The van der Waals surface area contributed by atoms with Gasteiger partial charge in [0.25, 0.3) is 11.9 Å². The number of pyridine rings is 1. The summed E-state index contributed by atoms with van der Waals surface area (Å²) in [5.74, 6) is -0.600. The lowest BCUT2D eigenvalue weighted by atomic mass is 9.83. The van der Waals surface area contributed by atoms with Crippen molar-refractivity contribution in [3.63, 3.8) is 0 Å². The molecule has 134 valence electrons. The second-order valence-corrected chi connectivity index (χ2v) is 5.81. The predicted molar refractivity (Wildman–Crippen MR) is 91.3 cm³/mol. The van der Waals surface area contributed by atoms with E-state index in [9.17, 15) is 14.0 Å². The van der Waals surface area contributed by atoms with Crippen LogP contribution >= 0.6 is 0 Å². The SMILES string of the molecule is O=C1CCCC(=O)OB(c2ccc(OCCc3ccc(F)cc3)cn2)O1. The van der Waals surface area contributed by atoms with E-state index in [0.717, 1.165) is 5.56 Å². The lowest BCUT2D eigenvalue weighted by molar-refractivity contribution is -0.142. The van der Waals surface area contributed by atoms with Gasteiger partial charge in [0.05, 0.1) is 12.8 Å². The average Bonchev–Trinajstić information content (AvgIpc) is 2.62. The molecule has 26 heavy (non-hydrogen) atoms. The Hall–Kier alpha value is -2.90. The van der Waals surface area contributed by atoms with Gasteiger partial charge in [0.15, 0.2) is 0 Å². The van der Waals surface area contributed by atoms with Crippen LogP contribution in [0.1, 0.15) is 24.8 Å². The molecule has 1 saturated heterocycles. The van der Waals surface area contributed by atoms with Crippen molar-refractivity contribution in [2.24, 2.45) is 0 Å². The Balaban J connectivity index is 1.56. The molecule has 0 unspecified atom stereocenters. The Kier molecular flexibility index (Phi) is 5.83. The van der Waals surface area contributed by atoms with E-state index in [1.807, 2.05) is 0 Å². The molecule has 0 saturated carbocycles. The van der Waals surface area contributed by atoms with Gasteiger partial charge in [-0.25, -0.2) is 4.39 Å². The highest BCUT2D eigenvalue weighted by molar-refractivity contribution is 6.63. The summed E-state index contributed by atoms with van der Waals surface area (Å²) in [6, 6.07) is 9.47. The van der Waals surface area contributed by atoms with Crippen molar-refractivity contribution in [3.05, 3.63) is 54.0 Å². The Morgan fingerprint density at radius 3 is 2.35 bits per heavy atom. The van der Waals surface area contributed by atoms with Crippen molar-refractivity contribution in [3.8, 4) is 5.75 Å². The molecule has 2 heterocycles. The van der Waals surface area contributed by atoms with Crippen LogP contribution in [0.15, 0.2) is 42.6 Å². The summed E-state index contributed by atoms with van der Waals surface area (Å²) >= 11 is 0. The van der Waals surface area contributed by atoms with Crippen molar-refractivity contribution in [2.45, 2.75) is 25.7 Å². The number of benzene rings is 1. The maximum absolute atomic E-state index is 12.9. The number of hydrogen-bond donors (Lipinski definition) is 0. The van der Waals surface area contributed by atoms with Crippen LogP contribution in [0.25, 0.3) is 0 Å². The molecule has 1 aromatic heterocycles. The van der Waals surface area contributed by atoms with E-state index in [1.165, 1.54) is 18.3 Å². The van der Waals surface area contributed by atoms with Crippen LogP contribution in [0.2, 0.25) is 0 Å². The fourth-order valence-corrected chi connectivity index (χ4v) is 2.43. The monoisotopic (exact) mass is 357 g/mol. The number of nitrogens with zero attached hydrogens (tertiary/aromatic N) is 1. The average molecular weight is 357 g/mol. The van der Waals surface area contributed by atoms with E-state index in [0.29, 0.717) is 30.8 Å². The normalized spacial score (nSPS) is 14.9. The number of carbonyl (C=O) groups is 2. The summed E-state index contributed by atoms with van der Waals surface area (Å²) in [6.07, 6.45) is 2.87. The third-order valence-electron chi connectivity index (χ3n) is 3.81. The molecule has 0 amide bonds. The third-order valence-corrected chi connectivity index (χ3v) is 3.81.